The van der Waals surface area contributed by atoms with Crippen LogP contribution < -0.4 is 9.47 Å². The first-order valence-electron chi connectivity index (χ1n) is 7.02. The Kier molecular flexibility index (Phi) is 4.83. The number of hydrogen-bond donors (Lipinski definition) is 0. The molecule has 0 radical (unpaired) electrons. The van der Waals surface area contributed by atoms with Gasteiger partial charge in [0.2, 0.25) is 5.82 Å². The van der Waals surface area contributed by atoms with Gasteiger partial charge in [-0.2, -0.15) is 4.98 Å². The maximum atomic E-state index is 5.66. The summed E-state index contributed by atoms with van der Waals surface area (Å²) in [5, 5.41) is 3.94. The Morgan fingerprint density at radius 1 is 1.00 bits per heavy atom. The molecule has 0 aliphatic heterocycles. The van der Waals surface area contributed by atoms with Crippen LogP contribution in [0.5, 0.6) is 11.5 Å². The van der Waals surface area contributed by atoms with E-state index in [-0.39, 0.29) is 6.61 Å². The number of benzene rings is 2. The lowest BCUT2D eigenvalue weighted by molar-refractivity contribution is 0.287. The first kappa shape index (κ1) is 15.4. The summed E-state index contributed by atoms with van der Waals surface area (Å²) in [6, 6.07) is 15.3. The van der Waals surface area contributed by atoms with Crippen LogP contribution >= 0.6 is 11.8 Å². The summed E-state index contributed by atoms with van der Waals surface area (Å²) < 4.78 is 16.1. The monoisotopic (exact) mass is 328 g/mol. The van der Waals surface area contributed by atoms with Gasteiger partial charge in [-0.3, -0.25) is 0 Å². The standard InChI is InChI=1S/C17H16N2O3S/c1-20-13-5-3-12(4-6-13)17-18-16(19-22-17)11-21-14-7-9-15(23-2)10-8-14/h3-10H,11H2,1-2H3. The number of aromatic nitrogens is 2. The summed E-state index contributed by atoms with van der Waals surface area (Å²) in [6.45, 7) is 0.262. The van der Waals surface area contributed by atoms with E-state index >= 15 is 0 Å². The molecule has 6 heteroatoms. The normalized spacial score (nSPS) is 10.5. The third-order valence-corrected chi connectivity index (χ3v) is 3.98. The van der Waals surface area contributed by atoms with Crippen molar-refractivity contribution in [2.24, 2.45) is 0 Å². The van der Waals surface area contributed by atoms with Gasteiger partial charge in [-0.1, -0.05) is 5.16 Å². The van der Waals surface area contributed by atoms with Crippen LogP contribution in [0.1, 0.15) is 5.82 Å². The van der Waals surface area contributed by atoms with E-state index in [4.69, 9.17) is 14.0 Å². The molecule has 118 valence electrons. The Morgan fingerprint density at radius 3 is 2.35 bits per heavy atom. The predicted octanol–water partition coefficient (Wildman–Crippen LogP) is 4.05. The van der Waals surface area contributed by atoms with E-state index in [1.165, 1.54) is 4.90 Å². The molecule has 0 aliphatic carbocycles. The topological polar surface area (TPSA) is 57.4 Å². The van der Waals surface area contributed by atoms with Crippen LogP contribution in [0.2, 0.25) is 0 Å². The van der Waals surface area contributed by atoms with E-state index < -0.39 is 0 Å². The maximum Gasteiger partial charge on any atom is 0.258 e. The molecule has 2 aromatic carbocycles. The minimum Gasteiger partial charge on any atom is -0.497 e. The predicted molar refractivity (Wildman–Crippen MR) is 88.8 cm³/mol. The minimum absolute atomic E-state index is 0.262. The fourth-order valence-corrected chi connectivity index (χ4v) is 2.39. The number of thioether (sulfide) groups is 1. The van der Waals surface area contributed by atoms with E-state index in [0.29, 0.717) is 11.7 Å². The molecule has 0 saturated heterocycles. The molecule has 0 aliphatic rings. The molecule has 5 nitrogen and oxygen atoms in total. The highest BCUT2D eigenvalue weighted by Crippen LogP contribution is 2.22. The summed E-state index contributed by atoms with van der Waals surface area (Å²) >= 11 is 1.69. The Labute approximate surface area is 138 Å². The smallest absolute Gasteiger partial charge is 0.258 e. The molecule has 0 spiro atoms. The molecule has 0 saturated carbocycles. The largest absolute Gasteiger partial charge is 0.497 e. The zero-order valence-electron chi connectivity index (χ0n) is 12.9. The Balaban J connectivity index is 1.64. The molecular weight excluding hydrogens is 312 g/mol. The summed E-state index contributed by atoms with van der Waals surface area (Å²) in [6.07, 6.45) is 2.04. The van der Waals surface area contributed by atoms with E-state index in [1.807, 2.05) is 54.8 Å². The average Bonchev–Trinajstić information content (AvgIpc) is 3.09. The van der Waals surface area contributed by atoms with E-state index in [1.54, 1.807) is 18.9 Å². The number of rotatable bonds is 6. The lowest BCUT2D eigenvalue weighted by Crippen LogP contribution is -1.97. The highest BCUT2D eigenvalue weighted by atomic mass is 32.2. The van der Waals surface area contributed by atoms with Crippen molar-refractivity contribution in [2.45, 2.75) is 11.5 Å². The van der Waals surface area contributed by atoms with Crippen molar-refractivity contribution >= 4 is 11.8 Å². The van der Waals surface area contributed by atoms with Crippen molar-refractivity contribution in [1.82, 2.24) is 10.1 Å². The average molecular weight is 328 g/mol. The van der Waals surface area contributed by atoms with Gasteiger partial charge in [0.05, 0.1) is 7.11 Å². The first-order chi connectivity index (χ1) is 11.3. The molecule has 1 heterocycles. The van der Waals surface area contributed by atoms with Crippen LogP contribution in [0, 0.1) is 0 Å². The minimum atomic E-state index is 0.262. The summed E-state index contributed by atoms with van der Waals surface area (Å²) in [5.41, 5.74) is 0.842. The third kappa shape index (κ3) is 3.84. The van der Waals surface area contributed by atoms with Gasteiger partial charge >= 0.3 is 0 Å². The summed E-state index contributed by atoms with van der Waals surface area (Å²) in [7, 11) is 1.63. The van der Waals surface area contributed by atoms with Crippen molar-refractivity contribution in [2.75, 3.05) is 13.4 Å². The van der Waals surface area contributed by atoms with Crippen LogP contribution in [0.25, 0.3) is 11.5 Å². The van der Waals surface area contributed by atoms with E-state index in [9.17, 15) is 0 Å². The Morgan fingerprint density at radius 2 is 1.70 bits per heavy atom. The molecule has 0 N–H and O–H groups in total. The quantitative estimate of drug-likeness (QED) is 0.636. The zero-order chi connectivity index (χ0) is 16.1. The van der Waals surface area contributed by atoms with Crippen molar-refractivity contribution in [1.29, 1.82) is 0 Å². The van der Waals surface area contributed by atoms with Gasteiger partial charge in [-0.25, -0.2) is 0 Å². The SMILES string of the molecule is COc1ccc(-c2nc(COc3ccc(SC)cc3)no2)cc1. The second kappa shape index (κ2) is 7.19. The van der Waals surface area contributed by atoms with Crippen molar-refractivity contribution < 1.29 is 14.0 Å². The number of nitrogens with zero attached hydrogens (tertiary/aromatic N) is 2. The number of hydrogen-bond acceptors (Lipinski definition) is 6. The van der Waals surface area contributed by atoms with Crippen LogP contribution in [-0.2, 0) is 6.61 Å². The number of ether oxygens (including phenoxy) is 2. The second-order valence-corrected chi connectivity index (χ2v) is 5.59. The molecule has 3 rings (SSSR count). The molecular formula is C17H16N2O3S. The summed E-state index contributed by atoms with van der Waals surface area (Å²) in [5.74, 6) is 2.53. The lowest BCUT2D eigenvalue weighted by atomic mass is 10.2. The molecule has 0 fully saturated rings. The van der Waals surface area contributed by atoms with Crippen LogP contribution in [0.3, 0.4) is 0 Å². The fourth-order valence-electron chi connectivity index (χ4n) is 1.98. The fraction of sp³-hybridized carbons (Fsp3) is 0.176. The lowest BCUT2D eigenvalue weighted by Gasteiger charge is -2.03. The van der Waals surface area contributed by atoms with Gasteiger partial charge in [-0.05, 0) is 54.8 Å². The molecule has 0 bridgehead atoms. The number of methoxy groups -OCH3 is 1. The summed E-state index contributed by atoms with van der Waals surface area (Å²) in [4.78, 5) is 5.53. The third-order valence-electron chi connectivity index (χ3n) is 3.23. The van der Waals surface area contributed by atoms with Crippen molar-refractivity contribution in [3.63, 3.8) is 0 Å². The maximum absolute atomic E-state index is 5.66. The molecule has 0 unspecified atom stereocenters. The molecule has 0 amide bonds. The van der Waals surface area contributed by atoms with Gasteiger partial charge in [0.15, 0.2) is 6.61 Å². The first-order valence-corrected chi connectivity index (χ1v) is 8.25. The van der Waals surface area contributed by atoms with Gasteiger partial charge in [0.25, 0.3) is 5.89 Å². The van der Waals surface area contributed by atoms with Crippen molar-refractivity contribution in [3.05, 3.63) is 54.4 Å². The van der Waals surface area contributed by atoms with Gasteiger partial charge in [0, 0.05) is 10.5 Å². The van der Waals surface area contributed by atoms with Gasteiger partial charge < -0.3 is 14.0 Å². The molecule has 0 atom stereocenters. The van der Waals surface area contributed by atoms with Crippen LogP contribution in [0.4, 0.5) is 0 Å². The Bertz CT molecular complexity index is 754. The molecule has 1 aromatic heterocycles. The van der Waals surface area contributed by atoms with Crippen LogP contribution in [0.15, 0.2) is 57.9 Å². The Hall–Kier alpha value is -2.47. The molecule has 23 heavy (non-hydrogen) atoms. The van der Waals surface area contributed by atoms with Gasteiger partial charge in [0.1, 0.15) is 11.5 Å². The second-order valence-electron chi connectivity index (χ2n) is 4.71. The highest BCUT2D eigenvalue weighted by molar-refractivity contribution is 7.98. The van der Waals surface area contributed by atoms with Crippen LogP contribution in [-0.4, -0.2) is 23.5 Å². The zero-order valence-corrected chi connectivity index (χ0v) is 13.7. The van der Waals surface area contributed by atoms with Gasteiger partial charge in [-0.15, -0.1) is 11.8 Å². The van der Waals surface area contributed by atoms with Crippen molar-refractivity contribution in [3.8, 4) is 23.0 Å². The highest BCUT2D eigenvalue weighted by Gasteiger charge is 2.09. The van der Waals surface area contributed by atoms with E-state index in [2.05, 4.69) is 10.1 Å². The van der Waals surface area contributed by atoms with E-state index in [0.717, 1.165) is 17.1 Å². The molecule has 3 aromatic rings.